The molecule has 0 heterocycles. The molecular weight excluding hydrogens is 118 g/mol. The number of carbonyl (C=O) groups is 1. The van der Waals surface area contributed by atoms with Crippen molar-refractivity contribution in [1.29, 1.82) is 0 Å². The summed E-state index contributed by atoms with van der Waals surface area (Å²) in [5.41, 5.74) is 0. The lowest BCUT2D eigenvalue weighted by atomic mass is 10.6. The van der Waals surface area contributed by atoms with E-state index in [0.29, 0.717) is 0 Å². The van der Waals surface area contributed by atoms with E-state index in [1.807, 2.05) is 0 Å². The van der Waals surface area contributed by atoms with Crippen molar-refractivity contribution < 1.29 is 9.53 Å². The van der Waals surface area contributed by atoms with E-state index in [2.05, 4.69) is 16.6 Å². The zero-order chi connectivity index (χ0) is 7.11. The lowest BCUT2D eigenvalue weighted by Crippen LogP contribution is -2.15. The average molecular weight is 127 g/mol. The van der Waals surface area contributed by atoms with Gasteiger partial charge in [-0.25, -0.2) is 4.79 Å². The summed E-state index contributed by atoms with van der Waals surface area (Å²) in [5, 5.41) is 2.32. The minimum absolute atomic E-state index is 0.479. The van der Waals surface area contributed by atoms with E-state index in [4.69, 9.17) is 0 Å². The van der Waals surface area contributed by atoms with E-state index in [1.165, 1.54) is 13.3 Å². The van der Waals surface area contributed by atoms with Crippen LogP contribution in [0.3, 0.4) is 0 Å². The van der Waals surface area contributed by atoms with Crippen LogP contribution in [0.4, 0.5) is 4.79 Å². The number of hydrogen-bond donors (Lipinski definition) is 1. The van der Waals surface area contributed by atoms with E-state index in [0.717, 1.165) is 0 Å². The topological polar surface area (TPSA) is 38.3 Å². The predicted molar refractivity (Wildman–Crippen MR) is 34.9 cm³/mol. The quantitative estimate of drug-likeness (QED) is 0.563. The number of methoxy groups -OCH3 is 1. The van der Waals surface area contributed by atoms with Gasteiger partial charge in [0.15, 0.2) is 0 Å². The number of nitrogens with one attached hydrogen (secondary N) is 1. The van der Waals surface area contributed by atoms with E-state index >= 15 is 0 Å². The first-order valence-electron chi connectivity index (χ1n) is 2.43. The molecule has 0 radical (unpaired) electrons. The molecule has 1 N–H and O–H groups in total. The highest BCUT2D eigenvalue weighted by Gasteiger charge is 1.88. The summed E-state index contributed by atoms with van der Waals surface area (Å²) in [6.45, 7) is 3.40. The molecule has 0 spiro atoms. The molecule has 0 aliphatic heterocycles. The van der Waals surface area contributed by atoms with Gasteiger partial charge in [-0.15, -0.1) is 0 Å². The Morgan fingerprint density at radius 3 is 2.89 bits per heavy atom. The lowest BCUT2D eigenvalue weighted by molar-refractivity contribution is 0.175. The number of carbonyl (C=O) groups excluding carboxylic acids is 1. The van der Waals surface area contributed by atoms with Crippen molar-refractivity contribution in [3.8, 4) is 0 Å². The van der Waals surface area contributed by atoms with Gasteiger partial charge in [0.1, 0.15) is 0 Å². The fourth-order valence-corrected chi connectivity index (χ4v) is 0.243. The second-order valence-electron chi connectivity index (χ2n) is 1.23. The van der Waals surface area contributed by atoms with Crippen molar-refractivity contribution in [2.45, 2.75) is 0 Å². The molecule has 3 nitrogen and oxygen atoms in total. The van der Waals surface area contributed by atoms with Crippen molar-refractivity contribution in [3.05, 3.63) is 24.9 Å². The van der Waals surface area contributed by atoms with Gasteiger partial charge < -0.3 is 4.74 Å². The molecule has 0 fully saturated rings. The van der Waals surface area contributed by atoms with Crippen LogP contribution in [-0.2, 0) is 4.74 Å². The SMILES string of the molecule is C=C/C=C\NC(=O)OC. The molecule has 0 saturated carbocycles. The Hall–Kier alpha value is -1.25. The van der Waals surface area contributed by atoms with Gasteiger partial charge in [0.05, 0.1) is 7.11 Å². The highest BCUT2D eigenvalue weighted by atomic mass is 16.5. The van der Waals surface area contributed by atoms with Gasteiger partial charge in [-0.05, 0) is 6.08 Å². The number of rotatable bonds is 2. The number of amides is 1. The second-order valence-corrected chi connectivity index (χ2v) is 1.23. The molecule has 0 aromatic heterocycles. The Bertz CT molecular complexity index is 129. The van der Waals surface area contributed by atoms with Crippen LogP contribution in [0.25, 0.3) is 0 Å². The predicted octanol–water partition coefficient (Wildman–Crippen LogP) is 1.04. The molecule has 0 saturated heterocycles. The van der Waals surface area contributed by atoms with Gasteiger partial charge in [0.25, 0.3) is 0 Å². The largest absolute Gasteiger partial charge is 0.453 e. The Morgan fingerprint density at radius 2 is 2.44 bits per heavy atom. The maximum atomic E-state index is 10.3. The molecule has 0 aromatic carbocycles. The average Bonchev–Trinajstić information content (AvgIpc) is 1.89. The van der Waals surface area contributed by atoms with Crippen LogP contribution in [0, 0.1) is 0 Å². The maximum absolute atomic E-state index is 10.3. The molecular formula is C6H9NO2. The summed E-state index contributed by atoms with van der Waals surface area (Å²) in [6, 6.07) is 0. The number of alkyl carbamates (subject to hydrolysis) is 1. The minimum Gasteiger partial charge on any atom is -0.453 e. The van der Waals surface area contributed by atoms with Crippen LogP contribution in [0.1, 0.15) is 0 Å². The van der Waals surface area contributed by atoms with Crippen LogP contribution in [0.2, 0.25) is 0 Å². The smallest absolute Gasteiger partial charge is 0.410 e. The van der Waals surface area contributed by atoms with Crippen LogP contribution in [0.5, 0.6) is 0 Å². The molecule has 1 amide bonds. The fraction of sp³-hybridized carbons (Fsp3) is 0.167. The van der Waals surface area contributed by atoms with Gasteiger partial charge in [0, 0.05) is 6.20 Å². The molecule has 50 valence electrons. The fourth-order valence-electron chi connectivity index (χ4n) is 0.243. The molecule has 0 rings (SSSR count). The Morgan fingerprint density at radius 1 is 1.78 bits per heavy atom. The normalized spacial score (nSPS) is 9.00. The first-order chi connectivity index (χ1) is 4.31. The van der Waals surface area contributed by atoms with Gasteiger partial charge in [-0.2, -0.15) is 0 Å². The maximum Gasteiger partial charge on any atom is 0.410 e. The Kier molecular flexibility index (Phi) is 4.22. The van der Waals surface area contributed by atoms with Crippen molar-refractivity contribution >= 4 is 6.09 Å². The number of ether oxygens (including phenoxy) is 1. The molecule has 3 heteroatoms. The lowest BCUT2D eigenvalue weighted by Gasteiger charge is -1.93. The van der Waals surface area contributed by atoms with Gasteiger partial charge in [-0.3, -0.25) is 5.32 Å². The molecule has 0 bridgehead atoms. The zero-order valence-electron chi connectivity index (χ0n) is 5.26. The Labute approximate surface area is 54.0 Å². The van der Waals surface area contributed by atoms with Crippen LogP contribution in [-0.4, -0.2) is 13.2 Å². The second kappa shape index (κ2) is 4.90. The van der Waals surface area contributed by atoms with Crippen molar-refractivity contribution in [1.82, 2.24) is 5.32 Å². The Balaban J connectivity index is 3.37. The first-order valence-corrected chi connectivity index (χ1v) is 2.43. The summed E-state index contributed by atoms with van der Waals surface area (Å²) in [7, 11) is 1.30. The number of hydrogen-bond acceptors (Lipinski definition) is 2. The summed E-state index contributed by atoms with van der Waals surface area (Å²) in [6.07, 6.45) is 4.11. The van der Waals surface area contributed by atoms with E-state index in [1.54, 1.807) is 12.2 Å². The van der Waals surface area contributed by atoms with Crippen LogP contribution in [0.15, 0.2) is 24.9 Å². The van der Waals surface area contributed by atoms with E-state index < -0.39 is 6.09 Å². The molecule has 0 atom stereocenters. The standard InChI is InChI=1S/C6H9NO2/c1-3-4-5-7-6(8)9-2/h3-5H,1H2,2H3,(H,7,8)/b5-4-. The first kappa shape index (κ1) is 7.75. The van der Waals surface area contributed by atoms with Crippen LogP contribution < -0.4 is 5.32 Å². The third-order valence-electron chi connectivity index (χ3n) is 0.619. The molecule has 0 aliphatic carbocycles. The summed E-state index contributed by atoms with van der Waals surface area (Å²) in [5.74, 6) is 0. The summed E-state index contributed by atoms with van der Waals surface area (Å²) in [4.78, 5) is 10.3. The highest BCUT2D eigenvalue weighted by molar-refractivity contribution is 5.68. The molecule has 9 heavy (non-hydrogen) atoms. The highest BCUT2D eigenvalue weighted by Crippen LogP contribution is 1.71. The van der Waals surface area contributed by atoms with Gasteiger partial charge in [-0.1, -0.05) is 12.7 Å². The summed E-state index contributed by atoms with van der Waals surface area (Å²) >= 11 is 0. The van der Waals surface area contributed by atoms with Crippen molar-refractivity contribution in [3.63, 3.8) is 0 Å². The molecule has 0 aromatic rings. The van der Waals surface area contributed by atoms with E-state index in [9.17, 15) is 4.79 Å². The van der Waals surface area contributed by atoms with E-state index in [-0.39, 0.29) is 0 Å². The third-order valence-corrected chi connectivity index (χ3v) is 0.619. The number of allylic oxidation sites excluding steroid dienone is 2. The van der Waals surface area contributed by atoms with Gasteiger partial charge >= 0.3 is 6.09 Å². The third kappa shape index (κ3) is 4.61. The molecule has 0 unspecified atom stereocenters. The van der Waals surface area contributed by atoms with Crippen LogP contribution >= 0.6 is 0 Å². The van der Waals surface area contributed by atoms with Crippen molar-refractivity contribution in [2.75, 3.05) is 7.11 Å². The van der Waals surface area contributed by atoms with Crippen molar-refractivity contribution in [2.24, 2.45) is 0 Å². The van der Waals surface area contributed by atoms with Gasteiger partial charge in [0.2, 0.25) is 0 Å². The molecule has 0 aliphatic rings. The summed E-state index contributed by atoms with van der Waals surface area (Å²) < 4.78 is 4.26. The monoisotopic (exact) mass is 127 g/mol. The zero-order valence-corrected chi connectivity index (χ0v) is 5.26. The minimum atomic E-state index is -0.479.